The highest BCUT2D eigenvalue weighted by atomic mass is 35.5. The minimum Gasteiger partial charge on any atom is -0.373 e. The first-order valence-corrected chi connectivity index (χ1v) is 6.57. The molecular weight excluding hydrogens is 258 g/mol. The van der Waals surface area contributed by atoms with E-state index in [4.69, 9.17) is 11.6 Å². The van der Waals surface area contributed by atoms with Gasteiger partial charge >= 0.3 is 0 Å². The molecule has 0 spiro atoms. The van der Waals surface area contributed by atoms with Gasteiger partial charge in [0, 0.05) is 13.1 Å². The summed E-state index contributed by atoms with van der Waals surface area (Å²) in [6.07, 6.45) is 3.67. The van der Waals surface area contributed by atoms with Crippen molar-refractivity contribution in [1.29, 1.82) is 0 Å². The van der Waals surface area contributed by atoms with Crippen LogP contribution in [0.1, 0.15) is 5.69 Å². The molecule has 2 rings (SSSR count). The molecule has 0 aromatic carbocycles. The standard InChI is InChI=1S/C10H12ClN5S/c1-6-7(11)5-16(15-6)9-4-8(12-2)13-10(14-9)17-3/h4-5H,1-3H3,(H,12,13,14). The lowest BCUT2D eigenvalue weighted by molar-refractivity contribution is 0.799. The van der Waals surface area contributed by atoms with E-state index in [0.29, 0.717) is 16.0 Å². The SMILES string of the molecule is CNc1cc(-n2cc(Cl)c(C)n2)nc(SC)n1. The van der Waals surface area contributed by atoms with E-state index < -0.39 is 0 Å². The molecular formula is C10H12ClN5S. The molecule has 0 amide bonds. The zero-order valence-corrected chi connectivity index (χ0v) is 11.3. The predicted molar refractivity (Wildman–Crippen MR) is 70.2 cm³/mol. The van der Waals surface area contributed by atoms with Gasteiger partial charge in [0.05, 0.1) is 16.9 Å². The fourth-order valence-electron chi connectivity index (χ4n) is 1.31. The van der Waals surface area contributed by atoms with Gasteiger partial charge in [-0.1, -0.05) is 23.4 Å². The lowest BCUT2D eigenvalue weighted by atomic mass is 10.5. The van der Waals surface area contributed by atoms with Crippen LogP contribution in [0.3, 0.4) is 0 Å². The van der Waals surface area contributed by atoms with Crippen LogP contribution < -0.4 is 5.32 Å². The molecule has 5 nitrogen and oxygen atoms in total. The van der Waals surface area contributed by atoms with E-state index in [2.05, 4.69) is 20.4 Å². The van der Waals surface area contributed by atoms with Crippen molar-refractivity contribution in [2.75, 3.05) is 18.6 Å². The van der Waals surface area contributed by atoms with Crippen molar-refractivity contribution in [3.63, 3.8) is 0 Å². The van der Waals surface area contributed by atoms with E-state index >= 15 is 0 Å². The number of halogens is 1. The van der Waals surface area contributed by atoms with Crippen molar-refractivity contribution in [3.8, 4) is 5.82 Å². The lowest BCUT2D eigenvalue weighted by Gasteiger charge is -2.05. The zero-order chi connectivity index (χ0) is 12.4. The van der Waals surface area contributed by atoms with E-state index in [0.717, 1.165) is 11.5 Å². The first kappa shape index (κ1) is 12.2. The van der Waals surface area contributed by atoms with Gasteiger partial charge in [-0.15, -0.1) is 0 Å². The molecule has 0 unspecified atom stereocenters. The van der Waals surface area contributed by atoms with Crippen LogP contribution >= 0.6 is 23.4 Å². The second kappa shape index (κ2) is 4.93. The Labute approximate surface area is 109 Å². The van der Waals surface area contributed by atoms with Crippen molar-refractivity contribution in [2.24, 2.45) is 0 Å². The maximum Gasteiger partial charge on any atom is 0.191 e. The van der Waals surface area contributed by atoms with Crippen LogP contribution in [0.25, 0.3) is 5.82 Å². The monoisotopic (exact) mass is 269 g/mol. The molecule has 0 saturated heterocycles. The molecule has 0 radical (unpaired) electrons. The van der Waals surface area contributed by atoms with Crippen LogP contribution in [-0.4, -0.2) is 33.1 Å². The third-order valence-corrected chi connectivity index (χ3v) is 3.12. The number of aromatic nitrogens is 4. The van der Waals surface area contributed by atoms with Crippen molar-refractivity contribution in [3.05, 3.63) is 23.0 Å². The summed E-state index contributed by atoms with van der Waals surface area (Å²) >= 11 is 7.46. The molecule has 2 aromatic rings. The Balaban J connectivity index is 2.50. The Kier molecular flexibility index (Phi) is 3.54. The van der Waals surface area contributed by atoms with Gasteiger partial charge in [0.1, 0.15) is 5.82 Å². The maximum atomic E-state index is 5.98. The first-order valence-electron chi connectivity index (χ1n) is 4.97. The molecule has 0 bridgehead atoms. The van der Waals surface area contributed by atoms with E-state index in [-0.39, 0.29) is 0 Å². The van der Waals surface area contributed by atoms with E-state index in [1.165, 1.54) is 11.8 Å². The van der Waals surface area contributed by atoms with E-state index in [1.807, 2.05) is 26.3 Å². The van der Waals surface area contributed by atoms with Gasteiger partial charge in [0.2, 0.25) is 0 Å². The Hall–Kier alpha value is -1.27. The summed E-state index contributed by atoms with van der Waals surface area (Å²) in [5.41, 5.74) is 0.780. The molecule has 7 heteroatoms. The Morgan fingerprint density at radius 1 is 1.41 bits per heavy atom. The molecule has 0 aliphatic carbocycles. The summed E-state index contributed by atoms with van der Waals surface area (Å²) in [5.74, 6) is 1.45. The van der Waals surface area contributed by atoms with Crippen molar-refractivity contribution >= 4 is 29.2 Å². The predicted octanol–water partition coefficient (Wildman–Crippen LogP) is 2.39. The summed E-state index contributed by atoms with van der Waals surface area (Å²) < 4.78 is 1.65. The highest BCUT2D eigenvalue weighted by molar-refractivity contribution is 7.98. The van der Waals surface area contributed by atoms with Crippen LogP contribution in [0.5, 0.6) is 0 Å². The van der Waals surface area contributed by atoms with Crippen LogP contribution in [0.2, 0.25) is 5.02 Å². The molecule has 1 N–H and O–H groups in total. The topological polar surface area (TPSA) is 55.6 Å². The number of nitrogens with zero attached hydrogens (tertiary/aromatic N) is 4. The average molecular weight is 270 g/mol. The quantitative estimate of drug-likeness (QED) is 0.685. The molecule has 0 aliphatic rings. The number of anilines is 1. The Bertz CT molecular complexity index is 498. The number of rotatable bonds is 3. The highest BCUT2D eigenvalue weighted by Gasteiger charge is 2.08. The molecule has 90 valence electrons. The third-order valence-electron chi connectivity index (χ3n) is 2.20. The molecule has 0 atom stereocenters. The van der Waals surface area contributed by atoms with E-state index in [9.17, 15) is 0 Å². The highest BCUT2D eigenvalue weighted by Crippen LogP contribution is 2.19. The minimum atomic E-state index is 0.625. The van der Waals surface area contributed by atoms with Crippen molar-refractivity contribution in [2.45, 2.75) is 12.1 Å². The van der Waals surface area contributed by atoms with Crippen molar-refractivity contribution < 1.29 is 0 Å². The maximum absolute atomic E-state index is 5.98. The van der Waals surface area contributed by atoms with Crippen LogP contribution in [-0.2, 0) is 0 Å². The minimum absolute atomic E-state index is 0.625. The third kappa shape index (κ3) is 2.53. The molecule has 0 fully saturated rings. The van der Waals surface area contributed by atoms with Gasteiger partial charge in [-0.25, -0.2) is 14.6 Å². The summed E-state index contributed by atoms with van der Waals surface area (Å²) in [6, 6.07) is 1.82. The molecule has 2 aromatic heterocycles. The van der Waals surface area contributed by atoms with Gasteiger partial charge in [0.15, 0.2) is 11.0 Å². The van der Waals surface area contributed by atoms with Crippen molar-refractivity contribution in [1.82, 2.24) is 19.7 Å². The fourth-order valence-corrected chi connectivity index (χ4v) is 1.81. The van der Waals surface area contributed by atoms with Crippen LogP contribution in [0.4, 0.5) is 5.82 Å². The summed E-state index contributed by atoms with van der Waals surface area (Å²) in [6.45, 7) is 1.86. The van der Waals surface area contributed by atoms with Gasteiger partial charge < -0.3 is 5.32 Å². The first-order chi connectivity index (χ1) is 8.13. The van der Waals surface area contributed by atoms with E-state index in [1.54, 1.807) is 10.9 Å². The fraction of sp³-hybridized carbons (Fsp3) is 0.300. The summed E-state index contributed by atoms with van der Waals surface area (Å²) in [5, 5.41) is 8.60. The number of aryl methyl sites for hydroxylation is 1. The Morgan fingerprint density at radius 2 is 2.18 bits per heavy atom. The second-order valence-electron chi connectivity index (χ2n) is 3.36. The smallest absolute Gasteiger partial charge is 0.191 e. The van der Waals surface area contributed by atoms with Gasteiger partial charge in [0.25, 0.3) is 0 Å². The lowest BCUT2D eigenvalue weighted by Crippen LogP contribution is -2.03. The summed E-state index contributed by atoms with van der Waals surface area (Å²) in [4.78, 5) is 8.67. The number of hydrogen-bond acceptors (Lipinski definition) is 5. The molecule has 2 heterocycles. The van der Waals surface area contributed by atoms with Gasteiger partial charge in [-0.2, -0.15) is 5.10 Å². The number of nitrogens with one attached hydrogen (secondary N) is 1. The van der Waals surface area contributed by atoms with Gasteiger partial charge in [-0.05, 0) is 13.2 Å². The normalized spacial score (nSPS) is 10.6. The number of thioether (sulfide) groups is 1. The largest absolute Gasteiger partial charge is 0.373 e. The molecule has 0 aliphatic heterocycles. The zero-order valence-electron chi connectivity index (χ0n) is 9.73. The molecule has 17 heavy (non-hydrogen) atoms. The second-order valence-corrected chi connectivity index (χ2v) is 4.54. The number of hydrogen-bond donors (Lipinski definition) is 1. The van der Waals surface area contributed by atoms with Gasteiger partial charge in [-0.3, -0.25) is 0 Å². The molecule has 0 saturated carbocycles. The average Bonchev–Trinajstić information content (AvgIpc) is 2.69. The van der Waals surface area contributed by atoms with Crippen LogP contribution in [0.15, 0.2) is 17.4 Å². The Morgan fingerprint density at radius 3 is 2.71 bits per heavy atom. The van der Waals surface area contributed by atoms with Crippen LogP contribution in [0, 0.1) is 6.92 Å². The summed E-state index contributed by atoms with van der Waals surface area (Å²) in [7, 11) is 1.82.